The molecular formula is C18H24N2O5. The number of fused-ring (bicyclic) bond motifs is 1. The predicted octanol–water partition coefficient (Wildman–Crippen LogP) is 2.55. The lowest BCUT2D eigenvalue weighted by Crippen LogP contribution is -2.50. The quantitative estimate of drug-likeness (QED) is 0.876. The SMILES string of the molecule is CC(=O)N1c2ccc(OC3CCOC3)cc2[C@H](NC(=O)O)[C@@H](C)[C@@H]1C. The highest BCUT2D eigenvalue weighted by molar-refractivity contribution is 5.94. The first-order chi connectivity index (χ1) is 11.9. The van der Waals surface area contributed by atoms with E-state index in [2.05, 4.69) is 5.32 Å². The molecule has 2 amide bonds. The van der Waals surface area contributed by atoms with Crippen LogP contribution >= 0.6 is 0 Å². The maximum Gasteiger partial charge on any atom is 0.405 e. The zero-order valence-electron chi connectivity index (χ0n) is 14.7. The van der Waals surface area contributed by atoms with Crippen LogP contribution in [-0.4, -0.2) is 42.5 Å². The number of carbonyl (C=O) groups excluding carboxylic acids is 1. The van der Waals surface area contributed by atoms with Crippen LogP contribution in [0.3, 0.4) is 0 Å². The molecule has 1 aromatic carbocycles. The maximum absolute atomic E-state index is 12.2. The number of carbonyl (C=O) groups is 2. The molecule has 136 valence electrons. The summed E-state index contributed by atoms with van der Waals surface area (Å²) in [6.45, 7) is 6.65. The van der Waals surface area contributed by atoms with E-state index in [1.807, 2.05) is 32.0 Å². The van der Waals surface area contributed by atoms with Crippen LogP contribution in [0.5, 0.6) is 5.75 Å². The van der Waals surface area contributed by atoms with Crippen molar-refractivity contribution in [2.45, 2.75) is 45.4 Å². The van der Waals surface area contributed by atoms with Crippen LogP contribution in [0, 0.1) is 5.92 Å². The van der Waals surface area contributed by atoms with E-state index in [1.54, 1.807) is 4.90 Å². The summed E-state index contributed by atoms with van der Waals surface area (Å²) >= 11 is 0. The average Bonchev–Trinajstić information content (AvgIpc) is 3.04. The number of rotatable bonds is 3. The molecule has 0 bridgehead atoms. The fourth-order valence-corrected chi connectivity index (χ4v) is 3.69. The van der Waals surface area contributed by atoms with Gasteiger partial charge in [0.05, 0.1) is 19.3 Å². The Morgan fingerprint density at radius 1 is 1.36 bits per heavy atom. The number of nitrogens with one attached hydrogen (secondary N) is 1. The predicted molar refractivity (Wildman–Crippen MR) is 92.0 cm³/mol. The number of hydrogen-bond donors (Lipinski definition) is 2. The summed E-state index contributed by atoms with van der Waals surface area (Å²) in [6, 6.07) is 4.99. The molecule has 0 saturated carbocycles. The van der Waals surface area contributed by atoms with Gasteiger partial charge >= 0.3 is 6.09 Å². The number of amides is 2. The molecule has 7 nitrogen and oxygen atoms in total. The van der Waals surface area contributed by atoms with Crippen LogP contribution in [0.4, 0.5) is 10.5 Å². The highest BCUT2D eigenvalue weighted by Gasteiger charge is 2.39. The third kappa shape index (κ3) is 3.42. The van der Waals surface area contributed by atoms with Gasteiger partial charge in [-0.05, 0) is 25.1 Å². The number of anilines is 1. The molecule has 2 aliphatic heterocycles. The minimum Gasteiger partial charge on any atom is -0.488 e. The molecule has 3 rings (SSSR count). The third-order valence-electron chi connectivity index (χ3n) is 5.10. The highest BCUT2D eigenvalue weighted by atomic mass is 16.5. The molecule has 1 fully saturated rings. The Hall–Kier alpha value is -2.28. The highest BCUT2D eigenvalue weighted by Crippen LogP contribution is 2.42. The molecule has 0 aliphatic carbocycles. The zero-order valence-corrected chi connectivity index (χ0v) is 14.7. The minimum atomic E-state index is -1.08. The van der Waals surface area contributed by atoms with Gasteiger partial charge in [-0.3, -0.25) is 4.79 Å². The summed E-state index contributed by atoms with van der Waals surface area (Å²) in [5.74, 6) is 0.529. The van der Waals surface area contributed by atoms with E-state index < -0.39 is 12.1 Å². The van der Waals surface area contributed by atoms with Crippen molar-refractivity contribution < 1.29 is 24.2 Å². The second-order valence-electron chi connectivity index (χ2n) is 6.74. The summed E-state index contributed by atoms with van der Waals surface area (Å²) < 4.78 is 11.3. The van der Waals surface area contributed by atoms with Gasteiger partial charge < -0.3 is 24.8 Å². The van der Waals surface area contributed by atoms with Crippen molar-refractivity contribution in [1.82, 2.24) is 5.32 Å². The van der Waals surface area contributed by atoms with Crippen LogP contribution in [-0.2, 0) is 9.53 Å². The Morgan fingerprint density at radius 2 is 2.12 bits per heavy atom. The number of ether oxygens (including phenoxy) is 2. The van der Waals surface area contributed by atoms with Gasteiger partial charge in [-0.15, -0.1) is 0 Å². The molecule has 2 heterocycles. The normalized spacial score (nSPS) is 28.4. The lowest BCUT2D eigenvalue weighted by atomic mass is 9.83. The summed E-state index contributed by atoms with van der Waals surface area (Å²) in [5, 5.41) is 11.8. The molecule has 0 radical (unpaired) electrons. The molecule has 0 spiro atoms. The maximum atomic E-state index is 12.2. The van der Waals surface area contributed by atoms with E-state index in [1.165, 1.54) is 6.92 Å². The van der Waals surface area contributed by atoms with E-state index in [4.69, 9.17) is 9.47 Å². The molecule has 2 N–H and O–H groups in total. The van der Waals surface area contributed by atoms with Gasteiger partial charge in [0.2, 0.25) is 5.91 Å². The van der Waals surface area contributed by atoms with Crippen LogP contribution in [0.15, 0.2) is 18.2 Å². The summed E-state index contributed by atoms with van der Waals surface area (Å²) in [6.07, 6.45) is -0.240. The van der Waals surface area contributed by atoms with E-state index >= 15 is 0 Å². The van der Waals surface area contributed by atoms with Crippen molar-refractivity contribution in [3.8, 4) is 5.75 Å². The summed E-state index contributed by atoms with van der Waals surface area (Å²) in [7, 11) is 0. The van der Waals surface area contributed by atoms with Gasteiger partial charge in [-0.1, -0.05) is 6.92 Å². The lowest BCUT2D eigenvalue weighted by molar-refractivity contribution is -0.117. The number of hydrogen-bond acceptors (Lipinski definition) is 4. The topological polar surface area (TPSA) is 88.1 Å². The molecule has 1 aromatic rings. The first-order valence-electron chi connectivity index (χ1n) is 8.56. The Bertz CT molecular complexity index is 671. The van der Waals surface area contributed by atoms with Crippen molar-refractivity contribution in [2.75, 3.05) is 18.1 Å². The Labute approximate surface area is 146 Å². The number of benzene rings is 1. The van der Waals surface area contributed by atoms with Crippen molar-refractivity contribution in [3.63, 3.8) is 0 Å². The fraction of sp³-hybridized carbons (Fsp3) is 0.556. The second kappa shape index (κ2) is 6.92. The minimum absolute atomic E-state index is 0.00720. The van der Waals surface area contributed by atoms with Crippen LogP contribution in [0.25, 0.3) is 0 Å². The van der Waals surface area contributed by atoms with Gasteiger partial charge in [0.15, 0.2) is 0 Å². The first-order valence-corrected chi connectivity index (χ1v) is 8.56. The van der Waals surface area contributed by atoms with Gasteiger partial charge in [0, 0.05) is 36.6 Å². The molecule has 2 aliphatic rings. The van der Waals surface area contributed by atoms with Crippen LogP contribution < -0.4 is 15.0 Å². The van der Waals surface area contributed by atoms with Gasteiger partial charge in [0.1, 0.15) is 11.9 Å². The molecule has 0 aromatic heterocycles. The Morgan fingerprint density at radius 3 is 2.72 bits per heavy atom. The monoisotopic (exact) mass is 348 g/mol. The second-order valence-corrected chi connectivity index (χ2v) is 6.74. The molecule has 7 heteroatoms. The van der Waals surface area contributed by atoms with E-state index in [-0.39, 0.29) is 24.0 Å². The van der Waals surface area contributed by atoms with Crippen molar-refractivity contribution in [1.29, 1.82) is 0 Å². The third-order valence-corrected chi connectivity index (χ3v) is 5.10. The van der Waals surface area contributed by atoms with E-state index in [0.29, 0.717) is 19.0 Å². The summed E-state index contributed by atoms with van der Waals surface area (Å²) in [4.78, 5) is 25.1. The van der Waals surface area contributed by atoms with Crippen molar-refractivity contribution >= 4 is 17.7 Å². The number of nitrogens with zero attached hydrogens (tertiary/aromatic N) is 1. The van der Waals surface area contributed by atoms with Crippen molar-refractivity contribution in [2.24, 2.45) is 5.92 Å². The first kappa shape index (κ1) is 17.5. The zero-order chi connectivity index (χ0) is 18.1. The molecule has 1 saturated heterocycles. The number of carboxylic acid groups (broad SMARTS) is 1. The van der Waals surface area contributed by atoms with Crippen LogP contribution in [0.2, 0.25) is 0 Å². The standard InChI is InChI=1S/C18H24N2O5/c1-10-11(2)20(12(3)21)16-5-4-13(25-14-6-7-24-9-14)8-15(16)17(10)19-18(22)23/h4-5,8,10-11,14,17,19H,6-7,9H2,1-3H3,(H,22,23)/t10-,11-,14?,17+/m0/s1. The van der Waals surface area contributed by atoms with E-state index in [0.717, 1.165) is 17.7 Å². The molecule has 4 atom stereocenters. The van der Waals surface area contributed by atoms with E-state index in [9.17, 15) is 14.7 Å². The molecule has 1 unspecified atom stereocenters. The van der Waals surface area contributed by atoms with Gasteiger partial charge in [-0.2, -0.15) is 0 Å². The van der Waals surface area contributed by atoms with Gasteiger partial charge in [-0.25, -0.2) is 4.79 Å². The lowest BCUT2D eigenvalue weighted by Gasteiger charge is -2.43. The van der Waals surface area contributed by atoms with Crippen LogP contribution in [0.1, 0.15) is 38.8 Å². The van der Waals surface area contributed by atoms with Crippen molar-refractivity contribution in [3.05, 3.63) is 23.8 Å². The largest absolute Gasteiger partial charge is 0.488 e. The fourth-order valence-electron chi connectivity index (χ4n) is 3.69. The Kier molecular flexibility index (Phi) is 4.85. The molecular weight excluding hydrogens is 324 g/mol. The average molecular weight is 348 g/mol. The smallest absolute Gasteiger partial charge is 0.405 e. The van der Waals surface area contributed by atoms with Gasteiger partial charge in [0.25, 0.3) is 0 Å². The molecule has 25 heavy (non-hydrogen) atoms. The summed E-state index contributed by atoms with van der Waals surface area (Å²) in [5.41, 5.74) is 1.49. The Balaban J connectivity index is 1.99.